The van der Waals surface area contributed by atoms with Crippen LogP contribution >= 0.6 is 0 Å². The zero-order chi connectivity index (χ0) is 30.3. The summed E-state index contributed by atoms with van der Waals surface area (Å²) >= 11 is 0. The van der Waals surface area contributed by atoms with Gasteiger partial charge in [0.25, 0.3) is 5.91 Å². The average molecular weight is 579 g/mol. The monoisotopic (exact) mass is 578 g/mol. The van der Waals surface area contributed by atoms with Gasteiger partial charge in [0.05, 0.1) is 13.2 Å². The Hall–Kier alpha value is -4.61. The highest BCUT2D eigenvalue weighted by atomic mass is 19.1. The molecule has 0 bridgehead atoms. The summed E-state index contributed by atoms with van der Waals surface area (Å²) in [7, 11) is 0. The molecule has 0 saturated heterocycles. The Morgan fingerprint density at radius 3 is 1.95 bits per heavy atom. The molecule has 0 spiro atoms. The number of hydrogen-bond acceptors (Lipinski definition) is 6. The number of carbonyl (C=O) groups excluding carboxylic acids is 4. The second-order valence-corrected chi connectivity index (χ2v) is 9.71. The number of rotatable bonds is 15. The number of amides is 4. The van der Waals surface area contributed by atoms with Gasteiger partial charge in [-0.3, -0.25) is 24.4 Å². The molecular weight excluding hydrogens is 543 g/mol. The van der Waals surface area contributed by atoms with Crippen LogP contribution in [0.1, 0.15) is 30.0 Å². The van der Waals surface area contributed by atoms with Crippen LogP contribution in [0.15, 0.2) is 84.9 Å². The lowest BCUT2D eigenvalue weighted by atomic mass is 10.0. The van der Waals surface area contributed by atoms with Crippen LogP contribution in [0.25, 0.3) is 0 Å². The van der Waals surface area contributed by atoms with Crippen LogP contribution in [-0.4, -0.2) is 53.6 Å². The summed E-state index contributed by atoms with van der Waals surface area (Å²) in [5.74, 6) is -3.24. The number of hydrogen-bond donors (Lipinski definition) is 5. The van der Waals surface area contributed by atoms with Gasteiger partial charge >= 0.3 is 0 Å². The first kappa shape index (κ1) is 31.9. The van der Waals surface area contributed by atoms with E-state index in [1.807, 2.05) is 60.7 Å². The molecule has 222 valence electrons. The fraction of sp³-hybridized carbons (Fsp3) is 0.290. The number of nitrogens with one attached hydrogen (secondary N) is 4. The van der Waals surface area contributed by atoms with E-state index in [2.05, 4.69) is 16.0 Å². The largest absolute Gasteiger partial charge is 0.374 e. The topological polar surface area (TPSA) is 146 Å². The van der Waals surface area contributed by atoms with Gasteiger partial charge in [-0.15, -0.1) is 0 Å². The van der Waals surface area contributed by atoms with Crippen molar-refractivity contribution in [1.29, 1.82) is 0 Å². The number of aryl methyl sites for hydroxylation is 1. The maximum absolute atomic E-state index is 13.7. The van der Waals surface area contributed by atoms with E-state index >= 15 is 0 Å². The van der Waals surface area contributed by atoms with Gasteiger partial charge in [0, 0.05) is 13.3 Å². The van der Waals surface area contributed by atoms with E-state index in [0.717, 1.165) is 11.1 Å². The first-order valence-electron chi connectivity index (χ1n) is 13.5. The predicted molar refractivity (Wildman–Crippen MR) is 152 cm³/mol. The lowest BCUT2D eigenvalue weighted by Gasteiger charge is -2.25. The molecule has 0 fully saturated rings. The van der Waals surface area contributed by atoms with Crippen molar-refractivity contribution in [1.82, 2.24) is 21.4 Å². The van der Waals surface area contributed by atoms with Crippen molar-refractivity contribution in [2.24, 2.45) is 0 Å². The zero-order valence-electron chi connectivity index (χ0n) is 23.2. The minimum absolute atomic E-state index is 0.114. The Kier molecular flexibility index (Phi) is 12.6. The second kappa shape index (κ2) is 16.6. The van der Waals surface area contributed by atoms with Crippen molar-refractivity contribution < 1.29 is 33.5 Å². The van der Waals surface area contributed by atoms with E-state index in [9.17, 15) is 28.8 Å². The summed E-state index contributed by atoms with van der Waals surface area (Å²) in [4.78, 5) is 51.0. The quantitative estimate of drug-likeness (QED) is 0.138. The molecule has 3 rings (SSSR count). The third kappa shape index (κ3) is 10.8. The maximum atomic E-state index is 13.7. The molecular formula is C31H35FN4O6. The normalized spacial score (nSPS) is 12.8. The zero-order valence-corrected chi connectivity index (χ0v) is 23.2. The van der Waals surface area contributed by atoms with Crippen LogP contribution in [0.5, 0.6) is 0 Å². The van der Waals surface area contributed by atoms with Gasteiger partial charge < -0.3 is 20.7 Å². The molecule has 3 aromatic rings. The number of ether oxygens (including phenoxy) is 1. The number of halogens is 1. The van der Waals surface area contributed by atoms with Gasteiger partial charge in [0.15, 0.2) is 0 Å². The summed E-state index contributed by atoms with van der Waals surface area (Å²) in [6.07, 6.45) is 0.457. The fourth-order valence-corrected chi connectivity index (χ4v) is 4.25. The maximum Gasteiger partial charge on any atom is 0.266 e. The molecule has 11 heteroatoms. The third-order valence-corrected chi connectivity index (χ3v) is 6.36. The molecule has 0 unspecified atom stereocenters. The Balaban J connectivity index is 1.75. The van der Waals surface area contributed by atoms with Crippen molar-refractivity contribution >= 4 is 23.6 Å². The molecule has 0 saturated carbocycles. The second-order valence-electron chi connectivity index (χ2n) is 9.71. The van der Waals surface area contributed by atoms with Crippen LogP contribution < -0.4 is 21.4 Å². The van der Waals surface area contributed by atoms with Crippen LogP contribution in [0.3, 0.4) is 0 Å². The number of benzene rings is 3. The van der Waals surface area contributed by atoms with E-state index < -0.39 is 47.6 Å². The van der Waals surface area contributed by atoms with E-state index in [1.54, 1.807) is 6.07 Å². The van der Waals surface area contributed by atoms with E-state index in [1.165, 1.54) is 30.6 Å². The Bertz CT molecular complexity index is 1330. The highest BCUT2D eigenvalue weighted by Gasteiger charge is 2.29. The molecule has 0 aliphatic heterocycles. The third-order valence-electron chi connectivity index (χ3n) is 6.36. The SMILES string of the molecule is CC(=O)N[C@@H](COCc1ccccc1)C(=O)N[C@H](CCc1ccccc1)C(=O)N[C@H](Cc1cccc(F)c1)C(=O)NO. The first-order chi connectivity index (χ1) is 20.2. The van der Waals surface area contributed by atoms with Crippen molar-refractivity contribution in [2.45, 2.75) is 50.9 Å². The number of carbonyl (C=O) groups is 4. The molecule has 5 N–H and O–H groups in total. The van der Waals surface area contributed by atoms with E-state index in [0.29, 0.717) is 12.0 Å². The summed E-state index contributed by atoms with van der Waals surface area (Å²) in [6, 6.07) is 20.6. The molecule has 0 heterocycles. The Morgan fingerprint density at radius 2 is 1.33 bits per heavy atom. The lowest BCUT2D eigenvalue weighted by Crippen LogP contribution is -2.57. The summed E-state index contributed by atoms with van der Waals surface area (Å²) in [6.45, 7) is 1.32. The van der Waals surface area contributed by atoms with Crippen molar-refractivity contribution in [3.63, 3.8) is 0 Å². The molecule has 10 nitrogen and oxygen atoms in total. The minimum atomic E-state index is -1.26. The van der Waals surface area contributed by atoms with Gasteiger partial charge in [-0.2, -0.15) is 0 Å². The van der Waals surface area contributed by atoms with E-state index in [-0.39, 0.29) is 26.1 Å². The summed E-state index contributed by atoms with van der Waals surface area (Å²) in [5, 5.41) is 17.0. The highest BCUT2D eigenvalue weighted by Crippen LogP contribution is 2.10. The standard InChI is InChI=1S/C31H35FN4O6/c1-21(37)33-28(20-42-19-23-11-6-3-7-12-23)30(39)34-26(16-15-22-9-4-2-5-10-22)29(38)35-27(31(40)36-41)18-24-13-8-14-25(32)17-24/h2-14,17,26-28,41H,15-16,18-20H2,1H3,(H,33,37)(H,34,39)(H,35,38)(H,36,40)/t26-,27-,28+/m1/s1. The summed E-state index contributed by atoms with van der Waals surface area (Å²) < 4.78 is 19.4. The average Bonchev–Trinajstić information content (AvgIpc) is 2.98. The minimum Gasteiger partial charge on any atom is -0.374 e. The van der Waals surface area contributed by atoms with Gasteiger partial charge in [0.1, 0.15) is 23.9 Å². The highest BCUT2D eigenvalue weighted by molar-refractivity contribution is 5.94. The molecule has 3 aromatic carbocycles. The predicted octanol–water partition coefficient (Wildman–Crippen LogP) is 2.20. The number of hydroxylamine groups is 1. The van der Waals surface area contributed by atoms with Gasteiger partial charge in [-0.25, -0.2) is 9.87 Å². The van der Waals surface area contributed by atoms with Crippen LogP contribution in [0.4, 0.5) is 4.39 Å². The van der Waals surface area contributed by atoms with Crippen molar-refractivity contribution in [2.75, 3.05) is 6.61 Å². The van der Waals surface area contributed by atoms with E-state index in [4.69, 9.17) is 4.74 Å². The molecule has 0 aliphatic rings. The molecule has 0 aromatic heterocycles. The summed E-state index contributed by atoms with van der Waals surface area (Å²) in [5.41, 5.74) is 3.73. The van der Waals surface area contributed by atoms with Crippen molar-refractivity contribution in [3.8, 4) is 0 Å². The fourth-order valence-electron chi connectivity index (χ4n) is 4.25. The van der Waals surface area contributed by atoms with Crippen LogP contribution in [-0.2, 0) is 43.4 Å². The smallest absolute Gasteiger partial charge is 0.266 e. The molecule has 0 aliphatic carbocycles. The van der Waals surface area contributed by atoms with Gasteiger partial charge in [-0.1, -0.05) is 72.8 Å². The first-order valence-corrected chi connectivity index (χ1v) is 13.5. The van der Waals surface area contributed by atoms with Crippen LogP contribution in [0, 0.1) is 5.82 Å². The molecule has 4 amide bonds. The van der Waals surface area contributed by atoms with Crippen molar-refractivity contribution in [3.05, 3.63) is 107 Å². The van der Waals surface area contributed by atoms with Gasteiger partial charge in [0.2, 0.25) is 17.7 Å². The molecule has 42 heavy (non-hydrogen) atoms. The Labute approximate surface area is 243 Å². The van der Waals surface area contributed by atoms with Crippen LogP contribution in [0.2, 0.25) is 0 Å². The lowest BCUT2D eigenvalue weighted by molar-refractivity contribution is -0.136. The van der Waals surface area contributed by atoms with Gasteiger partial charge in [-0.05, 0) is 41.7 Å². The molecule has 3 atom stereocenters. The Morgan fingerprint density at radius 1 is 0.738 bits per heavy atom. The molecule has 0 radical (unpaired) electrons.